The molecule has 5 rings (SSSR count). The highest BCUT2D eigenvalue weighted by Crippen LogP contribution is 2.69. The number of rotatable bonds is 4. The zero-order valence-corrected chi connectivity index (χ0v) is 19.2. The summed E-state index contributed by atoms with van der Waals surface area (Å²) in [6.45, 7) is 8.37. The van der Waals surface area contributed by atoms with E-state index in [1.807, 2.05) is 13.0 Å². The number of carbonyl (C=O) groups excluding carboxylic acids is 2. The van der Waals surface area contributed by atoms with Gasteiger partial charge in [0, 0.05) is 23.2 Å². The zero-order valence-electron chi connectivity index (χ0n) is 19.2. The lowest BCUT2D eigenvalue weighted by Crippen LogP contribution is -2.63. The van der Waals surface area contributed by atoms with Gasteiger partial charge in [-0.2, -0.15) is 0 Å². The molecule has 5 aliphatic rings. The maximum Gasteiger partial charge on any atom is 0.178 e. The molecule has 0 aromatic carbocycles. The van der Waals surface area contributed by atoms with Crippen molar-refractivity contribution in [1.29, 1.82) is 0 Å². The second-order valence-corrected chi connectivity index (χ2v) is 10.9. The molecule has 1 heterocycles. The van der Waals surface area contributed by atoms with Crippen LogP contribution in [0.3, 0.4) is 0 Å². The summed E-state index contributed by atoms with van der Waals surface area (Å²) in [7, 11) is 0. The average Bonchev–Trinajstić information content (AvgIpc) is 3.20. The van der Waals surface area contributed by atoms with Crippen molar-refractivity contribution in [3.63, 3.8) is 0 Å². The van der Waals surface area contributed by atoms with Gasteiger partial charge in [0.2, 0.25) is 0 Å². The van der Waals surface area contributed by atoms with Crippen LogP contribution in [0, 0.1) is 28.6 Å². The van der Waals surface area contributed by atoms with Gasteiger partial charge in [-0.25, -0.2) is 0 Å². The fraction of sp³-hybridized carbons (Fsp3) is 0.769. The fourth-order valence-electron chi connectivity index (χ4n) is 8.27. The summed E-state index contributed by atoms with van der Waals surface area (Å²) in [5.41, 5.74) is -0.548. The minimum atomic E-state index is -0.951. The second kappa shape index (κ2) is 7.10. The van der Waals surface area contributed by atoms with Crippen molar-refractivity contribution in [2.75, 3.05) is 0 Å². The quantitative estimate of drug-likeness (QED) is 0.729. The summed E-state index contributed by atoms with van der Waals surface area (Å²) in [6.07, 6.45) is 9.67. The summed E-state index contributed by atoms with van der Waals surface area (Å²) in [6, 6.07) is 0. The second-order valence-electron chi connectivity index (χ2n) is 10.9. The molecule has 5 nitrogen and oxygen atoms in total. The third-order valence-corrected chi connectivity index (χ3v) is 9.55. The van der Waals surface area contributed by atoms with Crippen LogP contribution in [-0.2, 0) is 19.1 Å². The molecular formula is C26H36O5. The van der Waals surface area contributed by atoms with Crippen LogP contribution in [0.4, 0.5) is 0 Å². The van der Waals surface area contributed by atoms with E-state index >= 15 is 0 Å². The van der Waals surface area contributed by atoms with Crippen molar-refractivity contribution in [3.8, 4) is 0 Å². The molecule has 0 bridgehead atoms. The Balaban J connectivity index is 1.55. The molecule has 0 spiro atoms. The van der Waals surface area contributed by atoms with Crippen molar-refractivity contribution in [2.24, 2.45) is 28.6 Å². The number of ether oxygens (including phenoxy) is 2. The van der Waals surface area contributed by atoms with Crippen molar-refractivity contribution in [3.05, 3.63) is 23.8 Å². The van der Waals surface area contributed by atoms with Gasteiger partial charge in [0.05, 0.1) is 12.2 Å². The van der Waals surface area contributed by atoms with E-state index in [1.165, 1.54) is 0 Å². The molecular weight excluding hydrogens is 392 g/mol. The maximum absolute atomic E-state index is 13.5. The number of fused-ring (bicyclic) bond motifs is 7. The van der Waals surface area contributed by atoms with Gasteiger partial charge in [0.15, 0.2) is 23.5 Å². The van der Waals surface area contributed by atoms with Crippen LogP contribution in [0.5, 0.6) is 0 Å². The molecule has 4 fully saturated rings. The number of hydrogen-bond donors (Lipinski definition) is 1. The largest absolute Gasteiger partial charge is 0.393 e. The summed E-state index contributed by atoms with van der Waals surface area (Å²) >= 11 is 0. The minimum absolute atomic E-state index is 0.0488. The van der Waals surface area contributed by atoms with E-state index < -0.39 is 17.1 Å². The van der Waals surface area contributed by atoms with Gasteiger partial charge < -0.3 is 14.6 Å². The molecule has 170 valence electrons. The van der Waals surface area contributed by atoms with Crippen LogP contribution in [0.15, 0.2) is 23.8 Å². The Hall–Kier alpha value is -1.30. The van der Waals surface area contributed by atoms with Crippen molar-refractivity contribution in [1.82, 2.24) is 0 Å². The van der Waals surface area contributed by atoms with Gasteiger partial charge in [-0.15, -0.1) is 0 Å². The normalized spacial score (nSPS) is 50.4. The Labute approximate surface area is 185 Å². The van der Waals surface area contributed by atoms with Crippen LogP contribution in [-0.4, -0.2) is 40.8 Å². The minimum Gasteiger partial charge on any atom is -0.393 e. The Morgan fingerprint density at radius 1 is 1.29 bits per heavy atom. The first-order valence-electron chi connectivity index (χ1n) is 12.2. The molecule has 5 heteroatoms. The molecule has 1 saturated heterocycles. The molecule has 31 heavy (non-hydrogen) atoms. The van der Waals surface area contributed by atoms with E-state index in [2.05, 4.69) is 20.8 Å². The molecule has 0 radical (unpaired) electrons. The van der Waals surface area contributed by atoms with Gasteiger partial charge in [0.1, 0.15) is 0 Å². The van der Waals surface area contributed by atoms with Crippen LogP contribution >= 0.6 is 0 Å². The Morgan fingerprint density at radius 2 is 2.06 bits per heavy atom. The topological polar surface area (TPSA) is 72.8 Å². The summed E-state index contributed by atoms with van der Waals surface area (Å²) < 4.78 is 12.9. The van der Waals surface area contributed by atoms with E-state index in [0.29, 0.717) is 12.8 Å². The third-order valence-electron chi connectivity index (χ3n) is 9.55. The number of allylic oxidation sites excluding steroid dienone is 4. The number of ketones is 2. The fourth-order valence-corrected chi connectivity index (χ4v) is 8.27. The van der Waals surface area contributed by atoms with Crippen LogP contribution in [0.2, 0.25) is 0 Å². The average molecular weight is 429 g/mol. The first-order chi connectivity index (χ1) is 14.7. The molecule has 0 aromatic heterocycles. The first kappa shape index (κ1) is 21.5. The molecule has 1 N–H and O–H groups in total. The van der Waals surface area contributed by atoms with E-state index in [-0.39, 0.29) is 47.1 Å². The number of aliphatic hydroxyl groups excluding tert-OH is 1. The summed E-state index contributed by atoms with van der Waals surface area (Å²) in [5, 5.41) is 11.6. The zero-order chi connectivity index (χ0) is 22.2. The summed E-state index contributed by atoms with van der Waals surface area (Å²) in [4.78, 5) is 25.5. The molecule has 0 amide bonds. The highest BCUT2D eigenvalue weighted by Gasteiger charge is 2.75. The standard InChI is InChI=1S/C26H36O5/c1-5-7-22-30-21-13-18-17-9-8-15-12-16(27)10-11-24(15,3)23(17)19(28)14-25(18,4)26(21,31-22)20(29)6-2/h10-12,17-19,21-23,28H,5-9,13-14H2,1-4H3/t17?,18?,19-,21+,22?,23?,24-,25-,26+/m0/s1. The number of Topliss-reactive ketones (excluding diaryl/α,β-unsaturated/α-hetero) is 1. The molecule has 0 aromatic rings. The highest BCUT2D eigenvalue weighted by molar-refractivity contribution is 6.01. The third kappa shape index (κ3) is 2.66. The number of hydrogen-bond acceptors (Lipinski definition) is 5. The number of carbonyl (C=O) groups is 2. The lowest BCUT2D eigenvalue weighted by molar-refractivity contribution is -0.199. The smallest absolute Gasteiger partial charge is 0.178 e. The SMILES string of the molecule is CCCC1O[C@@H]2CC3C4CCC5=CC(=O)C=C[C@]5(C)C4[C@@H](O)C[C@]3(C)[C@]2(C(=O)CC)O1. The van der Waals surface area contributed by atoms with E-state index in [0.717, 1.165) is 37.7 Å². The molecule has 9 atom stereocenters. The lowest BCUT2D eigenvalue weighted by Gasteiger charge is -2.59. The molecule has 4 unspecified atom stereocenters. The molecule has 3 saturated carbocycles. The monoisotopic (exact) mass is 428 g/mol. The van der Waals surface area contributed by atoms with Crippen LogP contribution in [0.1, 0.15) is 72.6 Å². The Morgan fingerprint density at radius 3 is 2.77 bits per heavy atom. The van der Waals surface area contributed by atoms with Crippen molar-refractivity contribution in [2.45, 2.75) is 96.7 Å². The van der Waals surface area contributed by atoms with Crippen molar-refractivity contribution < 1.29 is 24.2 Å². The first-order valence-corrected chi connectivity index (χ1v) is 12.2. The highest BCUT2D eigenvalue weighted by atomic mass is 16.7. The maximum atomic E-state index is 13.5. The van der Waals surface area contributed by atoms with E-state index in [1.54, 1.807) is 12.2 Å². The Bertz CT molecular complexity index is 860. The Kier molecular flexibility index (Phi) is 4.93. The molecule has 1 aliphatic heterocycles. The number of aliphatic hydroxyl groups is 1. The van der Waals surface area contributed by atoms with Gasteiger partial charge in [0.25, 0.3) is 0 Å². The predicted octanol–water partition coefficient (Wildman–Crippen LogP) is 4.13. The van der Waals surface area contributed by atoms with Crippen molar-refractivity contribution >= 4 is 11.6 Å². The van der Waals surface area contributed by atoms with Gasteiger partial charge >= 0.3 is 0 Å². The van der Waals surface area contributed by atoms with Gasteiger partial charge in [-0.1, -0.05) is 45.8 Å². The van der Waals surface area contributed by atoms with E-state index in [4.69, 9.17) is 9.47 Å². The lowest BCUT2D eigenvalue weighted by atomic mass is 9.46. The predicted molar refractivity (Wildman–Crippen MR) is 116 cm³/mol. The van der Waals surface area contributed by atoms with E-state index in [9.17, 15) is 14.7 Å². The van der Waals surface area contributed by atoms with Crippen LogP contribution < -0.4 is 0 Å². The molecule has 4 aliphatic carbocycles. The van der Waals surface area contributed by atoms with Gasteiger partial charge in [-0.3, -0.25) is 9.59 Å². The van der Waals surface area contributed by atoms with Crippen LogP contribution in [0.25, 0.3) is 0 Å². The van der Waals surface area contributed by atoms with Gasteiger partial charge in [-0.05, 0) is 56.1 Å². The summed E-state index contributed by atoms with van der Waals surface area (Å²) in [5.74, 6) is 0.755.